The number of aromatic nitrogens is 5. The van der Waals surface area contributed by atoms with Gasteiger partial charge >= 0.3 is 0 Å². The Labute approximate surface area is 318 Å². The first-order valence-corrected chi connectivity index (χ1v) is 18.4. The molecule has 10 rings (SSSR count). The zero-order valence-electron chi connectivity index (χ0n) is 29.8. The van der Waals surface area contributed by atoms with Crippen LogP contribution in [0.2, 0.25) is 0 Å². The largest absolute Gasteiger partial charge is 0.231 e. The molecule has 3 heterocycles. The number of pyridine rings is 1. The molecule has 0 amide bonds. The highest BCUT2D eigenvalue weighted by Gasteiger charge is 2.21. The van der Waals surface area contributed by atoms with Gasteiger partial charge in [-0.2, -0.15) is 5.10 Å². The summed E-state index contributed by atoms with van der Waals surface area (Å²) in [6.07, 6.45) is 0. The lowest BCUT2D eigenvalue weighted by atomic mass is 9.96. The van der Waals surface area contributed by atoms with Crippen molar-refractivity contribution in [1.29, 1.82) is 0 Å². The summed E-state index contributed by atoms with van der Waals surface area (Å²) in [5.41, 5.74) is 12.6. The highest BCUT2D eigenvalue weighted by molar-refractivity contribution is 6.08. The second kappa shape index (κ2) is 13.8. The van der Waals surface area contributed by atoms with Gasteiger partial charge in [0.15, 0.2) is 17.5 Å². The Morgan fingerprint density at radius 2 is 0.727 bits per heavy atom. The zero-order chi connectivity index (χ0) is 36.6. The van der Waals surface area contributed by atoms with Crippen molar-refractivity contribution in [1.82, 2.24) is 24.6 Å². The highest BCUT2D eigenvalue weighted by atomic mass is 15.2. The lowest BCUT2D eigenvalue weighted by Crippen LogP contribution is -2.00. The fourth-order valence-electron chi connectivity index (χ4n) is 7.35. The van der Waals surface area contributed by atoms with Gasteiger partial charge in [-0.15, -0.1) is 0 Å². The van der Waals surface area contributed by atoms with Gasteiger partial charge in [-0.05, 0) is 28.1 Å². The van der Waals surface area contributed by atoms with Crippen molar-refractivity contribution < 1.29 is 0 Å². The van der Waals surface area contributed by atoms with Crippen LogP contribution in [0.25, 0.3) is 95.2 Å². The second-order valence-electron chi connectivity index (χ2n) is 13.5. The van der Waals surface area contributed by atoms with Crippen LogP contribution in [0.3, 0.4) is 0 Å². The van der Waals surface area contributed by atoms with Gasteiger partial charge < -0.3 is 0 Å². The summed E-state index contributed by atoms with van der Waals surface area (Å²) in [5, 5.41) is 7.70. The fraction of sp³-hybridized carbons (Fsp3) is 0. The van der Waals surface area contributed by atoms with E-state index in [9.17, 15) is 0 Å². The quantitative estimate of drug-likeness (QED) is 0.166. The Hall–Kier alpha value is -7.50. The van der Waals surface area contributed by atoms with Gasteiger partial charge in [0, 0.05) is 38.8 Å². The average molecular weight is 704 g/mol. The molecule has 258 valence electrons. The molecule has 0 spiro atoms. The Morgan fingerprint density at radius 1 is 0.327 bits per heavy atom. The van der Waals surface area contributed by atoms with Gasteiger partial charge in [-0.3, -0.25) is 0 Å². The Morgan fingerprint density at radius 3 is 1.25 bits per heavy atom. The average Bonchev–Trinajstić information content (AvgIpc) is 3.69. The minimum Gasteiger partial charge on any atom is -0.231 e. The minimum atomic E-state index is 0.638. The minimum absolute atomic E-state index is 0.638. The van der Waals surface area contributed by atoms with Crippen molar-refractivity contribution >= 4 is 16.3 Å². The molecular formula is C50H33N5. The van der Waals surface area contributed by atoms with Crippen LogP contribution in [-0.4, -0.2) is 24.6 Å². The smallest absolute Gasteiger partial charge is 0.164 e. The van der Waals surface area contributed by atoms with E-state index >= 15 is 0 Å². The second-order valence-corrected chi connectivity index (χ2v) is 13.5. The molecule has 5 heteroatoms. The van der Waals surface area contributed by atoms with Crippen LogP contribution in [0.15, 0.2) is 200 Å². The van der Waals surface area contributed by atoms with Crippen LogP contribution in [0, 0.1) is 0 Å². The SMILES string of the molecule is c1ccc(-c2nc(-c3ccccc3)nc(-c3ccc(-c4ccc(-c5cc6ccccc6c6c(-c7ccccc7)c(-c7ccccc7)nn56)cc4)cc3)n2)cc1. The normalized spacial score (nSPS) is 11.3. The lowest BCUT2D eigenvalue weighted by molar-refractivity contribution is 0.979. The van der Waals surface area contributed by atoms with E-state index in [1.54, 1.807) is 0 Å². The Balaban J connectivity index is 1.04. The molecule has 0 N–H and O–H groups in total. The summed E-state index contributed by atoms with van der Waals surface area (Å²) in [4.78, 5) is 14.7. The number of rotatable bonds is 7. The molecule has 0 radical (unpaired) electrons. The first kappa shape index (κ1) is 32.2. The molecule has 0 saturated carbocycles. The number of benzene rings is 7. The maximum atomic E-state index is 5.36. The molecule has 0 bridgehead atoms. The summed E-state index contributed by atoms with van der Waals surface area (Å²) in [7, 11) is 0. The molecule has 0 saturated heterocycles. The van der Waals surface area contributed by atoms with Gasteiger partial charge in [-0.1, -0.05) is 194 Å². The molecule has 0 atom stereocenters. The predicted octanol–water partition coefficient (Wildman–Crippen LogP) is 12.3. The highest BCUT2D eigenvalue weighted by Crippen LogP contribution is 2.41. The van der Waals surface area contributed by atoms with Crippen molar-refractivity contribution in [2.75, 3.05) is 0 Å². The van der Waals surface area contributed by atoms with Gasteiger partial charge in [0.05, 0.1) is 11.2 Å². The predicted molar refractivity (Wildman–Crippen MR) is 224 cm³/mol. The molecule has 5 nitrogen and oxygen atoms in total. The van der Waals surface area contributed by atoms with Gasteiger partial charge in [0.2, 0.25) is 0 Å². The summed E-state index contributed by atoms with van der Waals surface area (Å²) < 4.78 is 2.14. The van der Waals surface area contributed by atoms with Gasteiger partial charge in [0.1, 0.15) is 5.69 Å². The molecule has 0 aliphatic heterocycles. The Bertz CT molecular complexity index is 2870. The third-order valence-corrected chi connectivity index (χ3v) is 10.1. The molecule has 55 heavy (non-hydrogen) atoms. The monoisotopic (exact) mass is 703 g/mol. The first-order chi connectivity index (χ1) is 27.3. The van der Waals surface area contributed by atoms with E-state index in [4.69, 9.17) is 20.1 Å². The molecule has 7 aromatic carbocycles. The van der Waals surface area contributed by atoms with Gasteiger partial charge in [0.25, 0.3) is 0 Å². The molecule has 3 aromatic heterocycles. The molecule has 0 aliphatic carbocycles. The number of hydrogen-bond donors (Lipinski definition) is 0. The third kappa shape index (κ3) is 6.04. The zero-order valence-corrected chi connectivity index (χ0v) is 29.8. The van der Waals surface area contributed by atoms with Crippen molar-refractivity contribution in [3.63, 3.8) is 0 Å². The van der Waals surface area contributed by atoms with E-state index in [1.807, 2.05) is 66.7 Å². The van der Waals surface area contributed by atoms with Crippen molar-refractivity contribution in [2.45, 2.75) is 0 Å². The standard InChI is InChI=1S/C50H33N5/c1-5-15-37(16-6-1)45-46(38-17-7-2-8-18-38)54-55-44(33-42-23-13-14-24-43(42)47(45)55)36-29-25-34(26-30-36)35-27-31-41(32-28-35)50-52-48(39-19-9-3-10-20-39)51-49(53-50)40-21-11-4-12-22-40/h1-33H. The van der Waals surface area contributed by atoms with E-state index in [0.29, 0.717) is 17.5 Å². The topological polar surface area (TPSA) is 56.0 Å². The van der Waals surface area contributed by atoms with Crippen molar-refractivity contribution in [3.05, 3.63) is 200 Å². The maximum Gasteiger partial charge on any atom is 0.164 e. The van der Waals surface area contributed by atoms with E-state index in [1.165, 1.54) is 10.8 Å². The van der Waals surface area contributed by atoms with Crippen LogP contribution in [0.1, 0.15) is 0 Å². The summed E-state index contributed by atoms with van der Waals surface area (Å²) in [5.74, 6) is 1.94. The van der Waals surface area contributed by atoms with Crippen LogP contribution in [0.5, 0.6) is 0 Å². The van der Waals surface area contributed by atoms with Gasteiger partial charge in [-0.25, -0.2) is 19.5 Å². The number of fused-ring (bicyclic) bond motifs is 3. The molecule has 0 fully saturated rings. The lowest BCUT2D eigenvalue weighted by Gasteiger charge is -2.11. The number of hydrogen-bond acceptors (Lipinski definition) is 4. The third-order valence-electron chi connectivity index (χ3n) is 10.1. The van der Waals surface area contributed by atoms with Crippen LogP contribution >= 0.6 is 0 Å². The van der Waals surface area contributed by atoms with E-state index in [2.05, 4.69) is 138 Å². The summed E-state index contributed by atoms with van der Waals surface area (Å²) in [6.45, 7) is 0. The number of nitrogens with zero attached hydrogens (tertiary/aromatic N) is 5. The first-order valence-electron chi connectivity index (χ1n) is 18.4. The summed E-state index contributed by atoms with van der Waals surface area (Å²) in [6, 6.07) is 69.3. The molecule has 10 aromatic rings. The molecular weight excluding hydrogens is 671 g/mol. The van der Waals surface area contributed by atoms with Crippen LogP contribution < -0.4 is 0 Å². The summed E-state index contributed by atoms with van der Waals surface area (Å²) >= 11 is 0. The van der Waals surface area contributed by atoms with Crippen molar-refractivity contribution in [3.8, 4) is 78.9 Å². The molecule has 0 aliphatic rings. The van der Waals surface area contributed by atoms with E-state index in [0.717, 1.165) is 67.0 Å². The fourth-order valence-corrected chi connectivity index (χ4v) is 7.35. The van der Waals surface area contributed by atoms with Crippen LogP contribution in [-0.2, 0) is 0 Å². The van der Waals surface area contributed by atoms with E-state index in [-0.39, 0.29) is 0 Å². The molecule has 0 unspecified atom stereocenters. The maximum absolute atomic E-state index is 5.36. The Kier molecular flexibility index (Phi) is 8.08. The van der Waals surface area contributed by atoms with E-state index < -0.39 is 0 Å². The van der Waals surface area contributed by atoms with Crippen LogP contribution in [0.4, 0.5) is 0 Å². The van der Waals surface area contributed by atoms with Crippen molar-refractivity contribution in [2.24, 2.45) is 0 Å².